The van der Waals surface area contributed by atoms with E-state index in [1.165, 1.54) is 0 Å². The van der Waals surface area contributed by atoms with Crippen LogP contribution in [0, 0.1) is 10.1 Å². The van der Waals surface area contributed by atoms with Gasteiger partial charge in [-0.3, -0.25) is 10.1 Å². The highest BCUT2D eigenvalue weighted by molar-refractivity contribution is 7.50. The van der Waals surface area contributed by atoms with Gasteiger partial charge in [-0.1, -0.05) is 11.6 Å². The summed E-state index contributed by atoms with van der Waals surface area (Å²) in [5, 5.41) is 12.8. The standard InChI is InChI=1S/C14H11ClF3N2O6P/c15-10-5-8(14(16,17)18)1-4-13(10)26-9-2-3-12(20(21)22)11(6-9)19-7-27(23,24)25/h1-6,19H,7H2,(H2,23,24,25)/p-1. The van der Waals surface area contributed by atoms with Gasteiger partial charge in [-0.2, -0.15) is 13.2 Å². The minimum atomic E-state index is -4.74. The minimum Gasteiger partial charge on any atom is -0.777 e. The molecule has 2 aromatic carbocycles. The van der Waals surface area contributed by atoms with Crippen molar-refractivity contribution in [2.45, 2.75) is 6.18 Å². The molecule has 2 rings (SSSR count). The molecule has 0 saturated heterocycles. The largest absolute Gasteiger partial charge is 0.777 e. The van der Waals surface area contributed by atoms with Crippen molar-refractivity contribution in [2.75, 3.05) is 11.6 Å². The maximum absolute atomic E-state index is 12.6. The van der Waals surface area contributed by atoms with Gasteiger partial charge in [0.05, 0.1) is 21.8 Å². The molecule has 0 aromatic heterocycles. The van der Waals surface area contributed by atoms with Crippen molar-refractivity contribution in [1.29, 1.82) is 0 Å². The molecular weight excluding hydrogens is 416 g/mol. The third kappa shape index (κ3) is 5.83. The summed E-state index contributed by atoms with van der Waals surface area (Å²) in [5.41, 5.74) is -1.78. The van der Waals surface area contributed by atoms with Crippen LogP contribution in [0.2, 0.25) is 5.02 Å². The van der Waals surface area contributed by atoms with Crippen LogP contribution >= 0.6 is 19.2 Å². The molecule has 0 bridgehead atoms. The Kier molecular flexibility index (Phi) is 6.01. The summed E-state index contributed by atoms with van der Waals surface area (Å²) in [6, 6.07) is 5.54. The van der Waals surface area contributed by atoms with Gasteiger partial charge in [-0.25, -0.2) is 0 Å². The number of alkyl halides is 3. The fourth-order valence-electron chi connectivity index (χ4n) is 1.95. The first-order valence-corrected chi connectivity index (χ1v) is 9.10. The van der Waals surface area contributed by atoms with Gasteiger partial charge in [0, 0.05) is 12.1 Å². The maximum atomic E-state index is 12.6. The van der Waals surface area contributed by atoms with Crippen LogP contribution in [0.1, 0.15) is 5.56 Å². The van der Waals surface area contributed by atoms with Crippen LogP contribution in [0.25, 0.3) is 0 Å². The van der Waals surface area contributed by atoms with E-state index in [4.69, 9.17) is 21.2 Å². The lowest BCUT2D eigenvalue weighted by molar-refractivity contribution is -0.384. The highest BCUT2D eigenvalue weighted by atomic mass is 35.5. The normalized spacial score (nSPS) is 13.7. The second kappa shape index (κ2) is 7.73. The zero-order valence-corrected chi connectivity index (χ0v) is 14.7. The molecule has 0 aliphatic heterocycles. The summed E-state index contributed by atoms with van der Waals surface area (Å²) in [6.07, 6.45) is -5.57. The van der Waals surface area contributed by atoms with E-state index < -0.39 is 36.2 Å². The Labute approximate surface area is 154 Å². The topological polar surface area (TPSA) is 125 Å². The van der Waals surface area contributed by atoms with E-state index in [9.17, 15) is 32.7 Å². The number of nitrogens with one attached hydrogen (secondary N) is 1. The zero-order valence-electron chi connectivity index (χ0n) is 13.1. The predicted molar refractivity (Wildman–Crippen MR) is 87.9 cm³/mol. The number of nitro benzene ring substituents is 1. The average Bonchev–Trinajstić information content (AvgIpc) is 2.53. The number of benzene rings is 2. The Morgan fingerprint density at radius 3 is 2.44 bits per heavy atom. The molecule has 0 amide bonds. The molecule has 1 unspecified atom stereocenters. The number of ether oxygens (including phenoxy) is 1. The van der Waals surface area contributed by atoms with E-state index in [2.05, 4.69) is 5.32 Å². The molecule has 0 heterocycles. The number of nitrogens with zero attached hydrogens (tertiary/aromatic N) is 1. The Hall–Kier alpha value is -2.33. The summed E-state index contributed by atoms with van der Waals surface area (Å²) in [7, 11) is -4.74. The molecule has 0 fully saturated rings. The van der Waals surface area contributed by atoms with Crippen molar-refractivity contribution in [3.63, 3.8) is 0 Å². The number of hydrogen-bond donors (Lipinski definition) is 2. The highest BCUT2D eigenvalue weighted by Gasteiger charge is 2.31. The molecule has 2 aromatic rings. The third-order valence-corrected chi connectivity index (χ3v) is 3.97. The van der Waals surface area contributed by atoms with Gasteiger partial charge in [-0.15, -0.1) is 0 Å². The maximum Gasteiger partial charge on any atom is 0.416 e. The Bertz CT molecular complexity index is 918. The molecule has 0 radical (unpaired) electrons. The SMILES string of the molecule is O=[N+]([O-])c1ccc(Oc2ccc(C(F)(F)F)cc2Cl)cc1NCP(=O)([O-])O. The van der Waals surface area contributed by atoms with Crippen molar-refractivity contribution < 1.29 is 37.2 Å². The van der Waals surface area contributed by atoms with Crippen molar-refractivity contribution in [2.24, 2.45) is 0 Å². The van der Waals surface area contributed by atoms with Crippen molar-refractivity contribution >= 4 is 30.6 Å². The Morgan fingerprint density at radius 1 is 1.26 bits per heavy atom. The molecule has 0 aliphatic carbocycles. The molecule has 0 saturated carbocycles. The quantitative estimate of drug-likeness (QED) is 0.407. The van der Waals surface area contributed by atoms with Gasteiger partial charge < -0.3 is 24.4 Å². The van der Waals surface area contributed by atoms with Crippen LogP contribution in [0.4, 0.5) is 24.5 Å². The number of anilines is 1. The van der Waals surface area contributed by atoms with Crippen molar-refractivity contribution in [3.8, 4) is 11.5 Å². The van der Waals surface area contributed by atoms with Gasteiger partial charge in [0.15, 0.2) is 7.60 Å². The summed E-state index contributed by atoms with van der Waals surface area (Å²) in [6.45, 7) is 0. The van der Waals surface area contributed by atoms with Crippen LogP contribution in [-0.4, -0.2) is 16.1 Å². The van der Waals surface area contributed by atoms with Crippen LogP contribution in [0.3, 0.4) is 0 Å². The smallest absolute Gasteiger partial charge is 0.416 e. The van der Waals surface area contributed by atoms with E-state index >= 15 is 0 Å². The number of nitro groups is 1. The first kappa shape index (κ1) is 21.0. The van der Waals surface area contributed by atoms with E-state index in [-0.39, 0.29) is 22.2 Å². The average molecular weight is 426 g/mol. The molecule has 146 valence electrons. The molecule has 0 aliphatic rings. The summed E-state index contributed by atoms with van der Waals surface area (Å²) < 4.78 is 54.1. The van der Waals surface area contributed by atoms with Gasteiger partial charge in [0.1, 0.15) is 17.2 Å². The van der Waals surface area contributed by atoms with E-state index in [0.29, 0.717) is 6.07 Å². The summed E-state index contributed by atoms with van der Waals surface area (Å²) in [5.74, 6) is -0.218. The number of rotatable bonds is 6. The van der Waals surface area contributed by atoms with Crippen LogP contribution in [0.15, 0.2) is 36.4 Å². The van der Waals surface area contributed by atoms with Crippen LogP contribution in [0.5, 0.6) is 11.5 Å². The minimum absolute atomic E-state index is 0.0663. The zero-order chi connectivity index (χ0) is 20.4. The monoisotopic (exact) mass is 425 g/mol. The summed E-state index contributed by atoms with van der Waals surface area (Å²) >= 11 is 5.77. The fraction of sp³-hybridized carbons (Fsp3) is 0.143. The predicted octanol–water partition coefficient (Wildman–Crippen LogP) is 3.97. The number of halogens is 4. The molecule has 1 atom stereocenters. The molecule has 8 nitrogen and oxygen atoms in total. The first-order chi connectivity index (χ1) is 12.4. The Morgan fingerprint density at radius 2 is 1.93 bits per heavy atom. The van der Waals surface area contributed by atoms with Crippen LogP contribution in [-0.2, 0) is 10.7 Å². The van der Waals surface area contributed by atoms with Gasteiger partial charge >= 0.3 is 6.18 Å². The highest BCUT2D eigenvalue weighted by Crippen LogP contribution is 2.38. The van der Waals surface area contributed by atoms with Crippen molar-refractivity contribution in [1.82, 2.24) is 0 Å². The molecule has 13 heteroatoms. The van der Waals surface area contributed by atoms with Gasteiger partial charge in [-0.05, 0) is 24.3 Å². The fourth-order valence-corrected chi connectivity index (χ4v) is 2.54. The first-order valence-electron chi connectivity index (χ1n) is 6.96. The van der Waals surface area contributed by atoms with Gasteiger partial charge in [0.25, 0.3) is 5.69 Å². The van der Waals surface area contributed by atoms with E-state index in [1.54, 1.807) is 0 Å². The lowest BCUT2D eigenvalue weighted by Gasteiger charge is -2.17. The molecule has 27 heavy (non-hydrogen) atoms. The van der Waals surface area contributed by atoms with E-state index in [0.717, 1.165) is 30.3 Å². The molecule has 0 spiro atoms. The lowest BCUT2D eigenvalue weighted by atomic mass is 10.2. The van der Waals surface area contributed by atoms with Crippen molar-refractivity contribution in [3.05, 3.63) is 57.1 Å². The number of hydrogen-bond acceptors (Lipinski definition) is 6. The van der Waals surface area contributed by atoms with E-state index in [1.807, 2.05) is 0 Å². The molecular formula is C14H10ClF3N2O6P-. The van der Waals surface area contributed by atoms with Crippen LogP contribution < -0.4 is 14.9 Å². The lowest BCUT2D eigenvalue weighted by Crippen LogP contribution is -2.12. The Balaban J connectivity index is 2.31. The summed E-state index contributed by atoms with van der Waals surface area (Å²) in [4.78, 5) is 29.8. The second-order valence-corrected chi connectivity index (χ2v) is 7.15. The second-order valence-electron chi connectivity index (χ2n) is 5.15. The van der Waals surface area contributed by atoms with Gasteiger partial charge in [0.2, 0.25) is 0 Å². The molecule has 2 N–H and O–H groups in total. The third-order valence-electron chi connectivity index (χ3n) is 3.12.